The zero-order valence-corrected chi connectivity index (χ0v) is 12.6. The van der Waals surface area contributed by atoms with Crippen LogP contribution < -0.4 is 5.32 Å². The second-order valence-electron chi connectivity index (χ2n) is 5.45. The second-order valence-corrected chi connectivity index (χ2v) is 5.45. The number of nitrogens with zero attached hydrogens (tertiary/aromatic N) is 2. The van der Waals surface area contributed by atoms with Crippen molar-refractivity contribution in [2.45, 2.75) is 32.1 Å². The van der Waals surface area contributed by atoms with Crippen LogP contribution in [0.2, 0.25) is 0 Å². The summed E-state index contributed by atoms with van der Waals surface area (Å²) in [6.45, 7) is 0.338. The van der Waals surface area contributed by atoms with E-state index in [9.17, 15) is 24.1 Å². The summed E-state index contributed by atoms with van der Waals surface area (Å²) in [5.74, 6) is -1.38. The molecule has 1 aromatic rings. The van der Waals surface area contributed by atoms with E-state index in [4.69, 9.17) is 0 Å². The van der Waals surface area contributed by atoms with Crippen LogP contribution in [-0.4, -0.2) is 34.7 Å². The van der Waals surface area contributed by atoms with Crippen LogP contribution in [0.4, 0.5) is 15.8 Å². The average Bonchev–Trinajstić information content (AvgIpc) is 2.48. The Morgan fingerprint density at radius 1 is 1.30 bits per heavy atom. The number of nitro groups is 1. The van der Waals surface area contributed by atoms with E-state index in [0.29, 0.717) is 13.0 Å². The topological polar surface area (TPSA) is 92.6 Å². The molecular weight excluding hydrogens is 305 g/mol. The van der Waals surface area contributed by atoms with Crippen molar-refractivity contribution in [2.24, 2.45) is 0 Å². The minimum absolute atomic E-state index is 0.0825. The molecule has 2 amide bonds. The Morgan fingerprint density at radius 2 is 2.04 bits per heavy atom. The maximum absolute atomic E-state index is 13.1. The third-order valence-corrected chi connectivity index (χ3v) is 3.69. The number of hydrogen-bond acceptors (Lipinski definition) is 4. The van der Waals surface area contributed by atoms with Gasteiger partial charge in [0.1, 0.15) is 11.5 Å². The summed E-state index contributed by atoms with van der Waals surface area (Å²) in [6.07, 6.45) is 4.06. The number of amides is 2. The van der Waals surface area contributed by atoms with Gasteiger partial charge in [0.05, 0.1) is 17.5 Å². The Morgan fingerprint density at radius 3 is 2.78 bits per heavy atom. The predicted octanol–water partition coefficient (Wildman–Crippen LogP) is 2.47. The predicted molar refractivity (Wildman–Crippen MR) is 81.3 cm³/mol. The molecular formula is C15H18FN3O4. The summed E-state index contributed by atoms with van der Waals surface area (Å²) >= 11 is 0. The van der Waals surface area contributed by atoms with Crippen molar-refractivity contribution in [3.63, 3.8) is 0 Å². The molecule has 0 aromatic heterocycles. The van der Waals surface area contributed by atoms with Crippen LogP contribution in [0, 0.1) is 15.9 Å². The van der Waals surface area contributed by atoms with E-state index in [0.717, 1.165) is 43.9 Å². The molecule has 23 heavy (non-hydrogen) atoms. The molecule has 1 saturated heterocycles. The van der Waals surface area contributed by atoms with Crippen molar-refractivity contribution in [1.29, 1.82) is 0 Å². The van der Waals surface area contributed by atoms with Crippen LogP contribution in [0.5, 0.6) is 0 Å². The van der Waals surface area contributed by atoms with Crippen molar-refractivity contribution >= 4 is 23.2 Å². The number of anilines is 1. The van der Waals surface area contributed by atoms with Crippen LogP contribution >= 0.6 is 0 Å². The van der Waals surface area contributed by atoms with E-state index in [-0.39, 0.29) is 18.1 Å². The number of benzene rings is 1. The van der Waals surface area contributed by atoms with Crippen LogP contribution in [0.3, 0.4) is 0 Å². The maximum atomic E-state index is 13.1. The van der Waals surface area contributed by atoms with Crippen molar-refractivity contribution in [3.05, 3.63) is 34.1 Å². The molecule has 0 spiro atoms. The molecule has 1 fully saturated rings. The molecule has 0 radical (unpaired) electrons. The van der Waals surface area contributed by atoms with Gasteiger partial charge in [0.2, 0.25) is 11.8 Å². The van der Waals surface area contributed by atoms with Gasteiger partial charge in [-0.3, -0.25) is 19.7 Å². The van der Waals surface area contributed by atoms with Crippen LogP contribution in [-0.2, 0) is 9.59 Å². The zero-order chi connectivity index (χ0) is 16.8. The largest absolute Gasteiger partial charge is 0.333 e. The number of carbonyl (C=O) groups is 2. The third kappa shape index (κ3) is 4.73. The lowest BCUT2D eigenvalue weighted by Crippen LogP contribution is -2.39. The smallest absolute Gasteiger partial charge is 0.295 e. The summed E-state index contributed by atoms with van der Waals surface area (Å²) in [7, 11) is 0. The van der Waals surface area contributed by atoms with Gasteiger partial charge in [-0.05, 0) is 25.0 Å². The number of carbonyl (C=O) groups excluding carboxylic acids is 2. The molecule has 1 aliphatic rings. The number of nitrogens with one attached hydrogen (secondary N) is 1. The normalized spacial score (nSPS) is 15.7. The number of nitro benzene ring substituents is 1. The Bertz CT molecular complexity index is 621. The molecule has 0 unspecified atom stereocenters. The number of rotatable bonds is 4. The van der Waals surface area contributed by atoms with Crippen LogP contribution in [0.15, 0.2) is 18.2 Å². The van der Waals surface area contributed by atoms with Crippen molar-refractivity contribution in [3.8, 4) is 0 Å². The lowest BCUT2D eigenvalue weighted by molar-refractivity contribution is -0.384. The second kappa shape index (κ2) is 7.66. The fraction of sp³-hybridized carbons (Fsp3) is 0.467. The molecule has 1 N–H and O–H groups in total. The van der Waals surface area contributed by atoms with Gasteiger partial charge in [-0.2, -0.15) is 0 Å². The van der Waals surface area contributed by atoms with Gasteiger partial charge in [-0.25, -0.2) is 4.39 Å². The van der Waals surface area contributed by atoms with E-state index in [1.165, 1.54) is 4.90 Å². The maximum Gasteiger partial charge on any atom is 0.295 e. The van der Waals surface area contributed by atoms with E-state index >= 15 is 0 Å². The van der Waals surface area contributed by atoms with E-state index in [2.05, 4.69) is 5.32 Å². The van der Waals surface area contributed by atoms with E-state index in [1.807, 2.05) is 0 Å². The standard InChI is InChI=1S/C15H18FN3O4/c16-11-6-7-12(13(9-11)19(22)23)17-14(20)10-18-8-4-2-1-3-5-15(18)21/h6-7,9H,1-5,8,10H2,(H,17,20). The molecule has 2 rings (SSSR count). The summed E-state index contributed by atoms with van der Waals surface area (Å²) < 4.78 is 13.1. The average molecular weight is 323 g/mol. The highest BCUT2D eigenvalue weighted by Gasteiger charge is 2.21. The van der Waals surface area contributed by atoms with Crippen molar-refractivity contribution in [2.75, 3.05) is 18.4 Å². The monoisotopic (exact) mass is 323 g/mol. The SMILES string of the molecule is O=C(CN1CCCCCCC1=O)Nc1ccc(F)cc1[N+](=O)[O-]. The molecule has 0 atom stereocenters. The molecule has 0 saturated carbocycles. The van der Waals surface area contributed by atoms with Crippen molar-refractivity contribution in [1.82, 2.24) is 4.90 Å². The van der Waals surface area contributed by atoms with Gasteiger partial charge in [0.25, 0.3) is 5.69 Å². The zero-order valence-electron chi connectivity index (χ0n) is 12.6. The minimum atomic E-state index is -0.764. The number of likely N-dealkylation sites (tertiary alicyclic amines) is 1. The van der Waals surface area contributed by atoms with Gasteiger partial charge in [-0.1, -0.05) is 12.8 Å². The molecule has 0 bridgehead atoms. The third-order valence-electron chi connectivity index (χ3n) is 3.69. The van der Waals surface area contributed by atoms with Gasteiger partial charge >= 0.3 is 0 Å². The first-order valence-corrected chi connectivity index (χ1v) is 7.49. The molecule has 0 aliphatic carbocycles. The molecule has 8 heteroatoms. The highest BCUT2D eigenvalue weighted by molar-refractivity contribution is 5.96. The fourth-order valence-corrected chi connectivity index (χ4v) is 2.51. The molecule has 1 aromatic carbocycles. The Hall–Kier alpha value is -2.51. The Balaban J connectivity index is 2.04. The van der Waals surface area contributed by atoms with Crippen LogP contribution in [0.25, 0.3) is 0 Å². The van der Waals surface area contributed by atoms with Crippen LogP contribution in [0.1, 0.15) is 32.1 Å². The summed E-state index contributed by atoms with van der Waals surface area (Å²) in [5.41, 5.74) is -0.599. The minimum Gasteiger partial charge on any atom is -0.333 e. The molecule has 1 heterocycles. The quantitative estimate of drug-likeness (QED) is 0.680. The first-order chi connectivity index (χ1) is 11.0. The summed E-state index contributed by atoms with van der Waals surface area (Å²) in [4.78, 5) is 35.6. The number of halogens is 1. The Labute approximate surface area is 132 Å². The highest BCUT2D eigenvalue weighted by Crippen LogP contribution is 2.25. The molecule has 124 valence electrons. The molecule has 7 nitrogen and oxygen atoms in total. The Kier molecular flexibility index (Phi) is 5.61. The first-order valence-electron chi connectivity index (χ1n) is 7.49. The lowest BCUT2D eigenvalue weighted by Gasteiger charge is -2.24. The van der Waals surface area contributed by atoms with Gasteiger partial charge in [0, 0.05) is 13.0 Å². The van der Waals surface area contributed by atoms with E-state index in [1.54, 1.807) is 0 Å². The number of hydrogen-bond donors (Lipinski definition) is 1. The van der Waals surface area contributed by atoms with Gasteiger partial charge in [0.15, 0.2) is 0 Å². The summed E-state index contributed by atoms with van der Waals surface area (Å²) in [6, 6.07) is 2.92. The fourth-order valence-electron chi connectivity index (χ4n) is 2.51. The van der Waals surface area contributed by atoms with Crippen molar-refractivity contribution < 1.29 is 18.9 Å². The van der Waals surface area contributed by atoms with Gasteiger partial charge < -0.3 is 10.2 Å². The molecule has 1 aliphatic heterocycles. The summed E-state index contributed by atoms with van der Waals surface area (Å²) in [5, 5.41) is 13.3. The van der Waals surface area contributed by atoms with E-state index < -0.39 is 22.3 Å². The highest BCUT2D eigenvalue weighted by atomic mass is 19.1. The lowest BCUT2D eigenvalue weighted by atomic mass is 10.1. The first kappa shape index (κ1) is 16.9. The van der Waals surface area contributed by atoms with Gasteiger partial charge in [-0.15, -0.1) is 0 Å².